The van der Waals surface area contributed by atoms with Gasteiger partial charge in [0, 0.05) is 13.1 Å². The van der Waals surface area contributed by atoms with Gasteiger partial charge in [0.2, 0.25) is 5.91 Å². The lowest BCUT2D eigenvalue weighted by Crippen LogP contribution is -2.41. The molecule has 1 fully saturated rings. The van der Waals surface area contributed by atoms with Crippen LogP contribution in [0.15, 0.2) is 5.16 Å². The van der Waals surface area contributed by atoms with E-state index in [-0.39, 0.29) is 11.7 Å². The highest BCUT2D eigenvalue weighted by Crippen LogP contribution is 2.22. The van der Waals surface area contributed by atoms with E-state index in [0.717, 1.165) is 6.42 Å². The second-order valence-corrected chi connectivity index (χ2v) is 4.92. The first-order chi connectivity index (χ1) is 7.87. The lowest BCUT2D eigenvalue weighted by molar-refractivity contribution is -0.133. The van der Waals surface area contributed by atoms with Crippen molar-refractivity contribution in [3.8, 4) is 0 Å². The summed E-state index contributed by atoms with van der Waals surface area (Å²) >= 11 is 0. The molecule has 4 N–H and O–H groups in total. The number of likely N-dealkylation sites (tertiary alicyclic amines) is 1. The van der Waals surface area contributed by atoms with Gasteiger partial charge >= 0.3 is 0 Å². The number of carbonyl (C=O) groups is 1. The van der Waals surface area contributed by atoms with Crippen molar-refractivity contribution in [1.82, 2.24) is 4.90 Å². The Morgan fingerprint density at radius 1 is 1.47 bits per heavy atom. The van der Waals surface area contributed by atoms with Crippen LogP contribution >= 0.6 is 0 Å². The van der Waals surface area contributed by atoms with Crippen molar-refractivity contribution in [2.24, 2.45) is 16.8 Å². The Morgan fingerprint density at radius 2 is 2.12 bits per heavy atom. The average molecular weight is 243 g/mol. The highest BCUT2D eigenvalue weighted by Gasteiger charge is 2.30. The highest BCUT2D eigenvalue weighted by atomic mass is 16.4. The van der Waals surface area contributed by atoms with Gasteiger partial charge in [-0.15, -0.1) is 0 Å². The molecule has 1 aliphatic rings. The minimum absolute atomic E-state index is 0.0778. The molecule has 1 saturated heterocycles. The average Bonchev–Trinajstić information content (AvgIpc) is 2.47. The lowest BCUT2D eigenvalue weighted by Gasteiger charge is -2.24. The molecule has 1 heterocycles. The van der Waals surface area contributed by atoms with Crippen molar-refractivity contribution < 1.29 is 15.1 Å². The number of hydrogen-bond donors (Lipinski definition) is 3. The molecule has 0 saturated carbocycles. The van der Waals surface area contributed by atoms with Crippen LogP contribution in [0, 0.1) is 5.92 Å². The summed E-state index contributed by atoms with van der Waals surface area (Å²) in [5.74, 6) is -0.855. The molecule has 0 radical (unpaired) electrons. The summed E-state index contributed by atoms with van der Waals surface area (Å²) in [6.45, 7) is 4.52. The minimum Gasteiger partial charge on any atom is -0.409 e. The third-order valence-corrected chi connectivity index (χ3v) is 3.30. The molecule has 6 heteroatoms. The maximum Gasteiger partial charge on any atom is 0.233 e. The van der Waals surface area contributed by atoms with Crippen molar-refractivity contribution in [2.45, 2.75) is 38.7 Å². The van der Waals surface area contributed by atoms with Gasteiger partial charge in [0.05, 0.1) is 11.5 Å². The maximum atomic E-state index is 12.0. The molecule has 2 atom stereocenters. The minimum atomic E-state index is -0.700. The van der Waals surface area contributed by atoms with Gasteiger partial charge in [-0.05, 0) is 33.1 Å². The van der Waals surface area contributed by atoms with Crippen LogP contribution in [-0.4, -0.2) is 45.6 Å². The SMILES string of the molecule is CC(C(=O)N1CCCC(C)(O)CC1)C(N)=NO. The Bertz CT molecular complexity index is 315. The summed E-state index contributed by atoms with van der Waals surface area (Å²) in [5.41, 5.74) is 4.72. The fraction of sp³-hybridized carbons (Fsp3) is 0.818. The molecule has 0 bridgehead atoms. The van der Waals surface area contributed by atoms with Gasteiger partial charge in [-0.2, -0.15) is 0 Å². The Hall–Kier alpha value is -1.30. The van der Waals surface area contributed by atoms with Crippen molar-refractivity contribution in [3.05, 3.63) is 0 Å². The fourth-order valence-electron chi connectivity index (χ4n) is 1.97. The van der Waals surface area contributed by atoms with Crippen LogP contribution in [0.4, 0.5) is 0 Å². The van der Waals surface area contributed by atoms with Crippen LogP contribution in [-0.2, 0) is 4.79 Å². The van der Waals surface area contributed by atoms with Crippen molar-refractivity contribution in [3.63, 3.8) is 0 Å². The van der Waals surface area contributed by atoms with Crippen LogP contribution < -0.4 is 5.73 Å². The van der Waals surface area contributed by atoms with Crippen LogP contribution in [0.25, 0.3) is 0 Å². The number of amidine groups is 1. The number of amides is 1. The van der Waals surface area contributed by atoms with Crippen LogP contribution in [0.1, 0.15) is 33.1 Å². The number of nitrogens with two attached hydrogens (primary N) is 1. The molecule has 1 amide bonds. The van der Waals surface area contributed by atoms with E-state index >= 15 is 0 Å². The number of hydrogen-bond acceptors (Lipinski definition) is 4. The van der Waals surface area contributed by atoms with Crippen LogP contribution in [0.5, 0.6) is 0 Å². The summed E-state index contributed by atoms with van der Waals surface area (Å²) in [4.78, 5) is 13.7. The first kappa shape index (κ1) is 13.8. The van der Waals surface area contributed by atoms with Crippen molar-refractivity contribution >= 4 is 11.7 Å². The topological polar surface area (TPSA) is 99.2 Å². The largest absolute Gasteiger partial charge is 0.409 e. The molecule has 17 heavy (non-hydrogen) atoms. The van der Waals surface area contributed by atoms with E-state index in [4.69, 9.17) is 10.9 Å². The van der Waals surface area contributed by atoms with Gasteiger partial charge in [-0.1, -0.05) is 5.16 Å². The first-order valence-electron chi connectivity index (χ1n) is 5.86. The zero-order valence-electron chi connectivity index (χ0n) is 10.4. The number of carbonyl (C=O) groups excluding carboxylic acids is 1. The van der Waals surface area contributed by atoms with E-state index in [1.54, 1.807) is 18.7 Å². The standard InChI is InChI=1S/C11H21N3O3/c1-8(9(12)13-17)10(15)14-6-3-4-11(2,16)5-7-14/h8,16-17H,3-7H2,1-2H3,(H2,12,13). The molecule has 98 valence electrons. The summed E-state index contributed by atoms with van der Waals surface area (Å²) in [5, 5.41) is 21.3. The smallest absolute Gasteiger partial charge is 0.233 e. The molecular formula is C11H21N3O3. The van der Waals surface area contributed by atoms with E-state index in [1.807, 2.05) is 0 Å². The second-order valence-electron chi connectivity index (χ2n) is 4.92. The quantitative estimate of drug-likeness (QED) is 0.278. The van der Waals surface area contributed by atoms with Gasteiger partial charge in [0.15, 0.2) is 5.84 Å². The summed E-state index contributed by atoms with van der Waals surface area (Å²) in [6, 6.07) is 0. The molecular weight excluding hydrogens is 222 g/mol. The second kappa shape index (κ2) is 5.35. The monoisotopic (exact) mass is 243 g/mol. The maximum absolute atomic E-state index is 12.0. The van der Waals surface area contributed by atoms with Crippen molar-refractivity contribution in [2.75, 3.05) is 13.1 Å². The Labute approximate surface area is 101 Å². The summed E-state index contributed by atoms with van der Waals surface area (Å²) in [6.07, 6.45) is 2.01. The van der Waals surface area contributed by atoms with Crippen LogP contribution in [0.3, 0.4) is 0 Å². The number of oxime groups is 1. The Kier molecular flexibility index (Phi) is 4.34. The van der Waals surface area contributed by atoms with Gasteiger partial charge < -0.3 is 20.9 Å². The predicted molar refractivity (Wildman–Crippen MR) is 63.6 cm³/mol. The molecule has 2 unspecified atom stereocenters. The molecule has 6 nitrogen and oxygen atoms in total. The number of rotatable bonds is 2. The molecule has 0 aromatic carbocycles. The number of aliphatic hydroxyl groups is 1. The third kappa shape index (κ3) is 3.59. The molecule has 1 aliphatic heterocycles. The first-order valence-corrected chi connectivity index (χ1v) is 5.86. The zero-order valence-corrected chi connectivity index (χ0v) is 10.4. The summed E-state index contributed by atoms with van der Waals surface area (Å²) in [7, 11) is 0. The van der Waals surface area contributed by atoms with E-state index in [0.29, 0.717) is 25.9 Å². The zero-order chi connectivity index (χ0) is 13.1. The fourth-order valence-corrected chi connectivity index (χ4v) is 1.97. The molecule has 0 aromatic rings. The van der Waals surface area contributed by atoms with Crippen molar-refractivity contribution in [1.29, 1.82) is 0 Å². The van der Waals surface area contributed by atoms with E-state index in [9.17, 15) is 9.90 Å². The van der Waals surface area contributed by atoms with Gasteiger partial charge in [-0.3, -0.25) is 4.79 Å². The Balaban J connectivity index is 2.64. The molecule has 1 rings (SSSR count). The van der Waals surface area contributed by atoms with E-state index in [1.165, 1.54) is 0 Å². The van der Waals surface area contributed by atoms with E-state index < -0.39 is 11.5 Å². The van der Waals surface area contributed by atoms with Crippen LogP contribution in [0.2, 0.25) is 0 Å². The van der Waals surface area contributed by atoms with Gasteiger partial charge in [-0.25, -0.2) is 0 Å². The lowest BCUT2D eigenvalue weighted by atomic mass is 9.98. The highest BCUT2D eigenvalue weighted by molar-refractivity contribution is 6.01. The Morgan fingerprint density at radius 3 is 2.71 bits per heavy atom. The molecule has 0 aromatic heterocycles. The third-order valence-electron chi connectivity index (χ3n) is 3.30. The summed E-state index contributed by atoms with van der Waals surface area (Å²) < 4.78 is 0. The number of nitrogens with zero attached hydrogens (tertiary/aromatic N) is 2. The normalized spacial score (nSPS) is 28.6. The van der Waals surface area contributed by atoms with Gasteiger partial charge in [0.1, 0.15) is 0 Å². The van der Waals surface area contributed by atoms with E-state index in [2.05, 4.69) is 5.16 Å². The molecule has 0 aliphatic carbocycles. The van der Waals surface area contributed by atoms with Gasteiger partial charge in [0.25, 0.3) is 0 Å². The molecule has 0 spiro atoms. The predicted octanol–water partition coefficient (Wildman–Crippen LogP) is 0.132.